The van der Waals surface area contributed by atoms with E-state index in [4.69, 9.17) is 27.0 Å². The van der Waals surface area contributed by atoms with Gasteiger partial charge in [-0.3, -0.25) is 5.10 Å². The first-order valence-electron chi connectivity index (χ1n) is 11.4. The molecule has 0 amide bonds. The molecule has 2 aliphatic rings. The number of H-pyrrole nitrogens is 1. The summed E-state index contributed by atoms with van der Waals surface area (Å²) in [5.74, 6) is 1.87. The predicted octanol–water partition coefficient (Wildman–Crippen LogP) is 5.13. The number of fused-ring (bicyclic) bond motifs is 1. The summed E-state index contributed by atoms with van der Waals surface area (Å²) in [4.78, 5) is 5.15. The average Bonchev–Trinajstić information content (AvgIpc) is 3.75. The Morgan fingerprint density at radius 1 is 1.12 bits per heavy atom. The molecule has 164 valence electrons. The topological polar surface area (TPSA) is 73.5 Å². The van der Waals surface area contributed by atoms with Crippen molar-refractivity contribution in [2.24, 2.45) is 0 Å². The Kier molecular flexibility index (Phi) is 4.91. The van der Waals surface area contributed by atoms with E-state index in [-0.39, 0.29) is 0 Å². The summed E-state index contributed by atoms with van der Waals surface area (Å²) >= 11 is 5.59. The maximum Gasteiger partial charge on any atom is 0.195 e. The first-order chi connectivity index (χ1) is 15.7. The Labute approximate surface area is 191 Å². The van der Waals surface area contributed by atoms with Crippen LogP contribution in [0.3, 0.4) is 0 Å². The summed E-state index contributed by atoms with van der Waals surface area (Å²) in [6.07, 6.45) is 5.60. The second-order valence-electron chi connectivity index (χ2n) is 8.82. The van der Waals surface area contributed by atoms with Crippen LogP contribution in [0.5, 0.6) is 0 Å². The fourth-order valence-electron chi connectivity index (χ4n) is 4.42. The van der Waals surface area contributed by atoms with Gasteiger partial charge in [-0.2, -0.15) is 10.2 Å². The molecule has 4 aromatic rings. The van der Waals surface area contributed by atoms with Crippen LogP contribution in [-0.2, 0) is 11.3 Å². The normalized spacial score (nSPS) is 16.2. The molecule has 2 fully saturated rings. The van der Waals surface area contributed by atoms with Gasteiger partial charge in [-0.1, -0.05) is 18.2 Å². The lowest BCUT2D eigenvalue weighted by Gasteiger charge is -2.11. The largest absolute Gasteiger partial charge is 0.385 e. The molecule has 1 N–H and O–H groups in total. The minimum atomic E-state index is 0.485. The van der Waals surface area contributed by atoms with Crippen molar-refractivity contribution >= 4 is 23.3 Å². The number of hydrogen-bond acceptors (Lipinski definition) is 5. The van der Waals surface area contributed by atoms with E-state index in [9.17, 15) is 0 Å². The highest BCUT2D eigenvalue weighted by Gasteiger charge is 2.34. The molecule has 1 aromatic carbocycles. The van der Waals surface area contributed by atoms with E-state index in [0.29, 0.717) is 23.2 Å². The van der Waals surface area contributed by atoms with Gasteiger partial charge in [0, 0.05) is 43.4 Å². The van der Waals surface area contributed by atoms with Crippen molar-refractivity contribution in [3.8, 4) is 17.1 Å². The Bertz CT molecular complexity index is 1330. The van der Waals surface area contributed by atoms with Crippen LogP contribution in [0.25, 0.3) is 28.1 Å². The highest BCUT2D eigenvalue weighted by Crippen LogP contribution is 2.47. The molecular weight excluding hydrogens is 420 g/mol. The summed E-state index contributed by atoms with van der Waals surface area (Å²) < 4.78 is 10.0. The van der Waals surface area contributed by atoms with E-state index in [1.54, 1.807) is 7.11 Å². The third kappa shape index (κ3) is 3.47. The summed E-state index contributed by atoms with van der Waals surface area (Å²) in [5, 5.41) is 13.9. The van der Waals surface area contributed by atoms with Crippen molar-refractivity contribution in [2.75, 3.05) is 13.7 Å². The predicted molar refractivity (Wildman–Crippen MR) is 126 cm³/mol. The number of methoxy groups -OCH3 is 1. The smallest absolute Gasteiger partial charge is 0.195 e. The number of ether oxygens (including phenoxy) is 1. The number of aromatic amines is 1. The van der Waals surface area contributed by atoms with E-state index >= 15 is 0 Å². The quantitative estimate of drug-likeness (QED) is 0.300. The van der Waals surface area contributed by atoms with Gasteiger partial charge in [0.15, 0.2) is 16.2 Å². The third-order valence-corrected chi connectivity index (χ3v) is 6.69. The molecule has 6 rings (SSSR count). The minimum absolute atomic E-state index is 0.485. The Balaban J connectivity index is 1.60. The molecule has 32 heavy (non-hydrogen) atoms. The van der Waals surface area contributed by atoms with Crippen LogP contribution in [0.15, 0.2) is 36.4 Å². The molecule has 0 unspecified atom stereocenters. The first-order valence-corrected chi connectivity index (χ1v) is 11.8. The van der Waals surface area contributed by atoms with Crippen LogP contribution >= 0.6 is 12.2 Å². The summed E-state index contributed by atoms with van der Waals surface area (Å²) in [7, 11) is 1.73. The van der Waals surface area contributed by atoms with Gasteiger partial charge >= 0.3 is 0 Å². The molecule has 2 aliphatic carbocycles. The zero-order valence-corrected chi connectivity index (χ0v) is 18.9. The van der Waals surface area contributed by atoms with Crippen molar-refractivity contribution in [3.63, 3.8) is 0 Å². The third-order valence-electron chi connectivity index (χ3n) is 6.37. The number of rotatable bonds is 8. The molecule has 0 spiro atoms. The molecular formula is C24H26N6OS. The van der Waals surface area contributed by atoms with Gasteiger partial charge in [-0.25, -0.2) is 9.67 Å². The molecule has 0 bridgehead atoms. The number of aromatic nitrogens is 6. The number of nitrogens with zero attached hydrogens (tertiary/aromatic N) is 5. The fourth-order valence-corrected chi connectivity index (χ4v) is 4.64. The maximum absolute atomic E-state index is 5.59. The minimum Gasteiger partial charge on any atom is -0.385 e. The molecule has 3 heterocycles. The molecule has 0 aliphatic heterocycles. The molecule has 0 radical (unpaired) electrons. The van der Waals surface area contributed by atoms with E-state index in [1.807, 2.05) is 22.9 Å². The molecule has 3 aromatic heterocycles. The number of hydrogen-bond donors (Lipinski definition) is 1. The first kappa shape index (κ1) is 19.8. The fraction of sp³-hybridized carbons (Fsp3) is 0.417. The van der Waals surface area contributed by atoms with E-state index in [2.05, 4.69) is 33.0 Å². The molecule has 8 heteroatoms. The summed E-state index contributed by atoms with van der Waals surface area (Å²) in [5.41, 5.74) is 5.31. The number of pyridine rings is 1. The van der Waals surface area contributed by atoms with Crippen molar-refractivity contribution < 1.29 is 4.74 Å². The monoisotopic (exact) mass is 446 g/mol. The van der Waals surface area contributed by atoms with Crippen LogP contribution in [0.4, 0.5) is 0 Å². The van der Waals surface area contributed by atoms with Gasteiger partial charge in [0.25, 0.3) is 0 Å². The average molecular weight is 447 g/mol. The van der Waals surface area contributed by atoms with Crippen LogP contribution in [0, 0.1) is 4.77 Å². The van der Waals surface area contributed by atoms with Crippen molar-refractivity contribution in [1.82, 2.24) is 29.5 Å². The lowest BCUT2D eigenvalue weighted by molar-refractivity contribution is 0.190. The second-order valence-corrected chi connectivity index (χ2v) is 9.21. The van der Waals surface area contributed by atoms with Crippen molar-refractivity contribution in [3.05, 3.63) is 52.6 Å². The van der Waals surface area contributed by atoms with Crippen LogP contribution < -0.4 is 0 Å². The summed E-state index contributed by atoms with van der Waals surface area (Å²) in [6.45, 7) is 1.44. The lowest BCUT2D eigenvalue weighted by Crippen LogP contribution is -2.05. The van der Waals surface area contributed by atoms with Gasteiger partial charge in [0.05, 0.1) is 16.8 Å². The molecule has 0 atom stereocenters. The van der Waals surface area contributed by atoms with Gasteiger partial charge < -0.3 is 9.30 Å². The lowest BCUT2D eigenvalue weighted by atomic mass is 10.0. The standard InChI is InChI=1S/C24H26N6OS/c1-31-13-5-12-29-22(26-27-24(29)32)18-14-19(15-8-9-15)25-23-20(18)21(16-10-11-16)28-30(23)17-6-3-2-4-7-17/h2-4,6-7,14-16H,5,8-13H2,1H3,(H,27,32). The Morgan fingerprint density at radius 3 is 2.62 bits per heavy atom. The number of nitrogens with one attached hydrogen (secondary N) is 1. The summed E-state index contributed by atoms with van der Waals surface area (Å²) in [6, 6.07) is 12.5. The second kappa shape index (κ2) is 7.94. The van der Waals surface area contributed by atoms with Crippen molar-refractivity contribution in [1.29, 1.82) is 0 Å². The van der Waals surface area contributed by atoms with Crippen molar-refractivity contribution in [2.45, 2.75) is 50.5 Å². The van der Waals surface area contributed by atoms with Gasteiger partial charge in [0.1, 0.15) is 0 Å². The van der Waals surface area contributed by atoms with Crippen LogP contribution in [-0.4, -0.2) is 43.2 Å². The maximum atomic E-state index is 5.59. The Morgan fingerprint density at radius 2 is 1.91 bits per heavy atom. The highest BCUT2D eigenvalue weighted by atomic mass is 32.1. The van der Waals surface area contributed by atoms with E-state index in [0.717, 1.165) is 52.5 Å². The van der Waals surface area contributed by atoms with E-state index < -0.39 is 0 Å². The number of para-hydroxylation sites is 1. The van der Waals surface area contributed by atoms with Crippen LogP contribution in [0.1, 0.15) is 55.3 Å². The molecule has 0 saturated heterocycles. The number of benzene rings is 1. The van der Waals surface area contributed by atoms with Gasteiger partial charge in [0.2, 0.25) is 0 Å². The Hall–Kier alpha value is -2.84. The molecule has 7 nitrogen and oxygen atoms in total. The van der Waals surface area contributed by atoms with Gasteiger partial charge in [-0.15, -0.1) is 0 Å². The zero-order valence-electron chi connectivity index (χ0n) is 18.1. The van der Waals surface area contributed by atoms with Crippen LogP contribution in [0.2, 0.25) is 0 Å². The highest BCUT2D eigenvalue weighted by molar-refractivity contribution is 7.71. The van der Waals surface area contributed by atoms with Gasteiger partial charge in [-0.05, 0) is 62.5 Å². The van der Waals surface area contributed by atoms with E-state index in [1.165, 1.54) is 25.7 Å². The zero-order chi connectivity index (χ0) is 21.7. The SMILES string of the molecule is COCCCn1c(-c2cc(C3CC3)nc3c2c(C2CC2)nn3-c2ccccc2)n[nH]c1=S. The molecule has 2 saturated carbocycles.